The van der Waals surface area contributed by atoms with E-state index in [4.69, 9.17) is 4.74 Å². The van der Waals surface area contributed by atoms with Crippen molar-refractivity contribution in [3.63, 3.8) is 0 Å². The third-order valence-electron chi connectivity index (χ3n) is 7.61. The number of allylic oxidation sites excluding steroid dienone is 2. The molecule has 142 valence electrons. The van der Waals surface area contributed by atoms with E-state index in [1.165, 1.54) is 28.0 Å². The van der Waals surface area contributed by atoms with Crippen LogP contribution in [0.15, 0.2) is 33.7 Å². The van der Waals surface area contributed by atoms with Gasteiger partial charge in [0.25, 0.3) is 0 Å². The second-order valence-corrected chi connectivity index (χ2v) is 9.10. The Morgan fingerprint density at radius 2 is 1.40 bits per heavy atom. The maximum atomic E-state index is 5.78. The maximum Gasteiger partial charge on any atom is 0.121 e. The van der Waals surface area contributed by atoms with Crippen molar-refractivity contribution in [1.29, 1.82) is 0 Å². The zero-order chi connectivity index (χ0) is 19.5. The van der Waals surface area contributed by atoms with Gasteiger partial charge in [0.2, 0.25) is 0 Å². The molecule has 3 heteroatoms. The Kier molecular flexibility index (Phi) is 4.98. The molecule has 0 radical (unpaired) electrons. The normalized spacial score (nSPS) is 25.4. The number of methoxy groups -OCH3 is 1. The largest absolute Gasteiger partial charge is 0.497 e. The third kappa shape index (κ3) is 2.58. The van der Waals surface area contributed by atoms with Crippen LogP contribution in [0.5, 0.6) is 0 Å². The molecule has 25 heavy (non-hydrogen) atoms. The Bertz CT molecular complexity index is 662. The smallest absolute Gasteiger partial charge is 0.121 e. The van der Waals surface area contributed by atoms with E-state index in [1.807, 2.05) is 0 Å². The summed E-state index contributed by atoms with van der Waals surface area (Å²) in [5, 5.41) is 0. The zero-order valence-corrected chi connectivity index (χ0v) is 18.5. The van der Waals surface area contributed by atoms with E-state index < -0.39 is 0 Å². The average molecular weight is 347 g/mol. The molecule has 0 amide bonds. The van der Waals surface area contributed by atoms with Crippen LogP contribution >= 0.6 is 0 Å². The van der Waals surface area contributed by atoms with Gasteiger partial charge in [0, 0.05) is 17.2 Å². The van der Waals surface area contributed by atoms with Crippen molar-refractivity contribution in [1.82, 2.24) is 9.80 Å². The summed E-state index contributed by atoms with van der Waals surface area (Å²) in [6.07, 6.45) is 0. The number of rotatable bonds is 4. The fourth-order valence-electron chi connectivity index (χ4n) is 4.78. The Balaban J connectivity index is 2.67. The predicted octanol–water partition coefficient (Wildman–Crippen LogP) is 4.97. The molecule has 3 nitrogen and oxygen atoms in total. The number of hydrogen-bond acceptors (Lipinski definition) is 3. The first kappa shape index (κ1) is 20.1. The standard InChI is InChI=1S/C22H38N2O/c1-13-14(2)20(25-12)16(4)18-15(3)17(5)24(19(13)18)22(8,9)21(6,7)23(10)11/h18-19H,1-12H3. The molecule has 2 rings (SSSR count). The number of fused-ring (bicyclic) bond motifs is 1. The molecule has 0 aromatic carbocycles. The highest BCUT2D eigenvalue weighted by Gasteiger charge is 2.53. The summed E-state index contributed by atoms with van der Waals surface area (Å²) in [5.74, 6) is 1.49. The van der Waals surface area contributed by atoms with Gasteiger partial charge in [-0.3, -0.25) is 0 Å². The van der Waals surface area contributed by atoms with Gasteiger partial charge in [-0.15, -0.1) is 0 Å². The maximum absolute atomic E-state index is 5.78. The van der Waals surface area contributed by atoms with Crippen LogP contribution in [0, 0.1) is 5.92 Å². The van der Waals surface area contributed by atoms with Gasteiger partial charge in [-0.1, -0.05) is 0 Å². The van der Waals surface area contributed by atoms with Crippen LogP contribution in [-0.2, 0) is 4.74 Å². The Hall–Kier alpha value is -1.22. The molecule has 2 unspecified atom stereocenters. The fourth-order valence-corrected chi connectivity index (χ4v) is 4.78. The summed E-state index contributed by atoms with van der Waals surface area (Å²) in [4.78, 5) is 5.03. The molecule has 0 bridgehead atoms. The summed E-state index contributed by atoms with van der Waals surface area (Å²) >= 11 is 0. The quantitative estimate of drug-likeness (QED) is 0.715. The lowest BCUT2D eigenvalue weighted by atomic mass is 9.74. The van der Waals surface area contributed by atoms with E-state index in [-0.39, 0.29) is 11.1 Å². The van der Waals surface area contributed by atoms with Crippen LogP contribution in [0.1, 0.15) is 62.3 Å². The van der Waals surface area contributed by atoms with E-state index in [0.29, 0.717) is 12.0 Å². The fraction of sp³-hybridized carbons (Fsp3) is 0.727. The number of hydrogen-bond donors (Lipinski definition) is 0. The van der Waals surface area contributed by atoms with Crippen LogP contribution in [0.2, 0.25) is 0 Å². The zero-order valence-electron chi connectivity index (χ0n) is 18.5. The molecule has 1 aliphatic heterocycles. The number of ether oxygens (including phenoxy) is 1. The van der Waals surface area contributed by atoms with Gasteiger partial charge < -0.3 is 14.5 Å². The monoisotopic (exact) mass is 346 g/mol. The first-order valence-corrected chi connectivity index (χ1v) is 9.39. The topological polar surface area (TPSA) is 15.7 Å². The van der Waals surface area contributed by atoms with Gasteiger partial charge in [0.15, 0.2) is 0 Å². The van der Waals surface area contributed by atoms with Gasteiger partial charge in [-0.05, 0) is 98.7 Å². The van der Waals surface area contributed by atoms with Crippen LogP contribution in [0.4, 0.5) is 0 Å². The van der Waals surface area contributed by atoms with Gasteiger partial charge >= 0.3 is 0 Å². The van der Waals surface area contributed by atoms with Gasteiger partial charge in [0.05, 0.1) is 18.7 Å². The van der Waals surface area contributed by atoms with Crippen molar-refractivity contribution < 1.29 is 4.74 Å². The molecule has 0 aromatic heterocycles. The molecule has 1 heterocycles. The van der Waals surface area contributed by atoms with Crippen LogP contribution in [0.25, 0.3) is 0 Å². The number of likely N-dealkylation sites (N-methyl/N-ethyl adjacent to an activating group) is 1. The Morgan fingerprint density at radius 3 is 1.84 bits per heavy atom. The minimum Gasteiger partial charge on any atom is -0.497 e. The van der Waals surface area contributed by atoms with Gasteiger partial charge in [-0.25, -0.2) is 0 Å². The summed E-state index contributed by atoms with van der Waals surface area (Å²) in [6, 6.07) is 0.383. The van der Waals surface area contributed by atoms with E-state index in [9.17, 15) is 0 Å². The SMILES string of the molecule is COC1=C(C)C2C(C)=C(C)N(C(C)(C)C(C)(C)N(C)C)C2C(C)=C1C. The molecule has 0 spiro atoms. The van der Waals surface area contributed by atoms with Crippen LogP contribution in [-0.4, -0.2) is 48.1 Å². The lowest BCUT2D eigenvalue weighted by Crippen LogP contribution is -2.65. The molecule has 0 aromatic rings. The average Bonchev–Trinajstić information content (AvgIpc) is 2.78. The summed E-state index contributed by atoms with van der Waals surface area (Å²) in [6.45, 7) is 20.8. The van der Waals surface area contributed by atoms with E-state index in [0.717, 1.165) is 5.76 Å². The summed E-state index contributed by atoms with van der Waals surface area (Å²) < 4.78 is 5.78. The predicted molar refractivity (Wildman–Crippen MR) is 107 cm³/mol. The van der Waals surface area contributed by atoms with Crippen molar-refractivity contribution >= 4 is 0 Å². The van der Waals surface area contributed by atoms with Crippen molar-refractivity contribution in [2.24, 2.45) is 5.92 Å². The molecule has 0 saturated carbocycles. The van der Waals surface area contributed by atoms with Crippen molar-refractivity contribution in [3.8, 4) is 0 Å². The Morgan fingerprint density at radius 1 is 0.880 bits per heavy atom. The highest BCUT2D eigenvalue weighted by atomic mass is 16.5. The first-order chi connectivity index (χ1) is 11.3. The molecule has 2 atom stereocenters. The molecule has 0 N–H and O–H groups in total. The second-order valence-electron chi connectivity index (χ2n) is 9.10. The van der Waals surface area contributed by atoms with Crippen molar-refractivity contribution in [2.45, 2.75) is 79.4 Å². The van der Waals surface area contributed by atoms with E-state index in [1.54, 1.807) is 7.11 Å². The van der Waals surface area contributed by atoms with Crippen LogP contribution < -0.4 is 0 Å². The van der Waals surface area contributed by atoms with Crippen molar-refractivity contribution in [2.75, 3.05) is 21.2 Å². The highest BCUT2D eigenvalue weighted by Crippen LogP contribution is 2.51. The molecule has 2 aliphatic rings. The molecule has 1 aliphatic carbocycles. The summed E-state index contributed by atoms with van der Waals surface area (Å²) in [7, 11) is 6.17. The lowest BCUT2D eigenvalue weighted by Gasteiger charge is -2.56. The second kappa shape index (κ2) is 6.19. The number of nitrogens with zero attached hydrogens (tertiary/aromatic N) is 2. The first-order valence-electron chi connectivity index (χ1n) is 9.39. The lowest BCUT2D eigenvalue weighted by molar-refractivity contribution is -0.00769. The van der Waals surface area contributed by atoms with E-state index in [2.05, 4.69) is 86.2 Å². The highest BCUT2D eigenvalue weighted by molar-refractivity contribution is 5.49. The van der Waals surface area contributed by atoms with E-state index >= 15 is 0 Å². The minimum atomic E-state index is -0.0202. The molecular weight excluding hydrogens is 308 g/mol. The summed E-state index contributed by atoms with van der Waals surface area (Å²) in [5.41, 5.74) is 7.00. The molecular formula is C22H38N2O. The van der Waals surface area contributed by atoms with Gasteiger partial charge in [0.1, 0.15) is 5.76 Å². The van der Waals surface area contributed by atoms with Crippen LogP contribution in [0.3, 0.4) is 0 Å². The Labute approximate surface area is 155 Å². The third-order valence-corrected chi connectivity index (χ3v) is 7.61. The molecule has 0 saturated heterocycles. The minimum absolute atomic E-state index is 0.0202. The van der Waals surface area contributed by atoms with Gasteiger partial charge in [-0.2, -0.15) is 0 Å². The molecule has 0 fully saturated rings. The van der Waals surface area contributed by atoms with Crippen molar-refractivity contribution in [3.05, 3.63) is 33.7 Å².